The topological polar surface area (TPSA) is 40.7 Å². The lowest BCUT2D eigenvalue weighted by Gasteiger charge is -2.12. The van der Waals surface area contributed by atoms with Crippen molar-refractivity contribution in [3.8, 4) is 0 Å². The smallest absolute Gasteiger partial charge is 0.200 e. The molecule has 0 saturated heterocycles. The quantitative estimate of drug-likeness (QED) is 0.694. The van der Waals surface area contributed by atoms with Gasteiger partial charge in [0.25, 0.3) is 0 Å². The highest BCUT2D eigenvalue weighted by atomic mass is 15.1. The van der Waals surface area contributed by atoms with Crippen molar-refractivity contribution in [3.63, 3.8) is 0 Å². The Labute approximate surface area is 67.2 Å². The molecular weight excluding hydrogens is 138 g/mol. The van der Waals surface area contributed by atoms with Crippen LogP contribution in [0.5, 0.6) is 0 Å². The summed E-state index contributed by atoms with van der Waals surface area (Å²) in [5.74, 6) is 0.874. The molecule has 1 aromatic heterocycles. The maximum atomic E-state index is 4.09. The summed E-state index contributed by atoms with van der Waals surface area (Å²) in [6.07, 6.45) is 5.85. The van der Waals surface area contributed by atoms with Crippen molar-refractivity contribution in [1.29, 1.82) is 0 Å². The minimum absolute atomic E-state index is 0.543. The fourth-order valence-corrected chi connectivity index (χ4v) is 1.03. The van der Waals surface area contributed by atoms with Gasteiger partial charge in [-0.1, -0.05) is 13.8 Å². The van der Waals surface area contributed by atoms with Crippen LogP contribution in [0.1, 0.15) is 26.7 Å². The van der Waals surface area contributed by atoms with Crippen molar-refractivity contribution < 1.29 is 0 Å². The summed E-state index contributed by atoms with van der Waals surface area (Å²) < 4.78 is 0. The number of nitrogens with one attached hydrogen (secondary N) is 2. The zero-order valence-corrected chi connectivity index (χ0v) is 7.09. The second kappa shape index (κ2) is 4.01. The molecule has 1 heterocycles. The van der Waals surface area contributed by atoms with E-state index in [1.165, 1.54) is 0 Å². The van der Waals surface area contributed by atoms with Gasteiger partial charge in [-0.3, -0.25) is 0 Å². The molecule has 0 fully saturated rings. The van der Waals surface area contributed by atoms with Crippen LogP contribution in [0.4, 0.5) is 5.95 Å². The van der Waals surface area contributed by atoms with E-state index in [0.717, 1.165) is 18.8 Å². The van der Waals surface area contributed by atoms with Gasteiger partial charge in [-0.05, 0) is 12.8 Å². The molecule has 2 N–H and O–H groups in total. The highest BCUT2D eigenvalue weighted by molar-refractivity contribution is 5.24. The summed E-state index contributed by atoms with van der Waals surface area (Å²) in [5.41, 5.74) is 0. The van der Waals surface area contributed by atoms with Crippen LogP contribution in [0.25, 0.3) is 0 Å². The first-order valence-electron chi connectivity index (χ1n) is 4.12. The van der Waals surface area contributed by atoms with Crippen molar-refractivity contribution in [2.24, 2.45) is 0 Å². The summed E-state index contributed by atoms with van der Waals surface area (Å²) in [5, 5.41) is 3.29. The summed E-state index contributed by atoms with van der Waals surface area (Å²) >= 11 is 0. The molecule has 0 atom stereocenters. The molecule has 0 amide bonds. The van der Waals surface area contributed by atoms with E-state index in [2.05, 4.69) is 29.1 Å². The molecule has 1 aromatic rings. The zero-order chi connectivity index (χ0) is 8.10. The number of nitrogens with zero attached hydrogens (tertiary/aromatic N) is 1. The van der Waals surface area contributed by atoms with Crippen LogP contribution in [-0.4, -0.2) is 16.0 Å². The second-order valence-corrected chi connectivity index (χ2v) is 2.60. The number of hydrogen-bond acceptors (Lipinski definition) is 2. The molecule has 62 valence electrons. The molecule has 3 nitrogen and oxygen atoms in total. The maximum Gasteiger partial charge on any atom is 0.200 e. The van der Waals surface area contributed by atoms with Gasteiger partial charge in [-0.25, -0.2) is 4.98 Å². The normalized spacial score (nSPS) is 10.5. The fraction of sp³-hybridized carbons (Fsp3) is 0.625. The van der Waals surface area contributed by atoms with Gasteiger partial charge < -0.3 is 10.3 Å². The maximum absolute atomic E-state index is 4.09. The molecule has 0 radical (unpaired) electrons. The van der Waals surface area contributed by atoms with Gasteiger partial charge in [-0.15, -0.1) is 0 Å². The van der Waals surface area contributed by atoms with Gasteiger partial charge in [0.1, 0.15) is 0 Å². The first kappa shape index (κ1) is 8.11. The summed E-state index contributed by atoms with van der Waals surface area (Å²) in [7, 11) is 0. The van der Waals surface area contributed by atoms with E-state index in [9.17, 15) is 0 Å². The number of aromatic amines is 1. The third-order valence-electron chi connectivity index (χ3n) is 1.82. The van der Waals surface area contributed by atoms with Gasteiger partial charge in [-0.2, -0.15) is 0 Å². The Hall–Kier alpha value is -0.990. The van der Waals surface area contributed by atoms with Crippen LogP contribution < -0.4 is 5.32 Å². The summed E-state index contributed by atoms with van der Waals surface area (Å²) in [6.45, 7) is 4.34. The van der Waals surface area contributed by atoms with E-state index in [0.29, 0.717) is 6.04 Å². The number of aromatic nitrogens is 2. The number of anilines is 1. The Morgan fingerprint density at radius 2 is 2.27 bits per heavy atom. The Morgan fingerprint density at radius 3 is 2.73 bits per heavy atom. The highest BCUT2D eigenvalue weighted by Crippen LogP contribution is 2.04. The van der Waals surface area contributed by atoms with Crippen molar-refractivity contribution in [2.75, 3.05) is 5.32 Å². The number of H-pyrrole nitrogens is 1. The molecule has 11 heavy (non-hydrogen) atoms. The van der Waals surface area contributed by atoms with Crippen molar-refractivity contribution in [2.45, 2.75) is 32.7 Å². The molecule has 0 aliphatic carbocycles. The summed E-state index contributed by atoms with van der Waals surface area (Å²) in [6, 6.07) is 0.543. The van der Waals surface area contributed by atoms with E-state index in [4.69, 9.17) is 0 Å². The van der Waals surface area contributed by atoms with Gasteiger partial charge in [0.05, 0.1) is 0 Å². The van der Waals surface area contributed by atoms with Gasteiger partial charge >= 0.3 is 0 Å². The van der Waals surface area contributed by atoms with Crippen molar-refractivity contribution >= 4 is 5.95 Å². The predicted octanol–water partition coefficient (Wildman–Crippen LogP) is 2.01. The van der Waals surface area contributed by atoms with Crippen LogP contribution >= 0.6 is 0 Å². The fourth-order valence-electron chi connectivity index (χ4n) is 1.03. The highest BCUT2D eigenvalue weighted by Gasteiger charge is 2.02. The van der Waals surface area contributed by atoms with Gasteiger partial charge in [0.2, 0.25) is 0 Å². The van der Waals surface area contributed by atoms with E-state index in [1.54, 1.807) is 6.20 Å². The van der Waals surface area contributed by atoms with Crippen LogP contribution in [-0.2, 0) is 0 Å². The number of hydrogen-bond donors (Lipinski definition) is 2. The molecule has 1 rings (SSSR count). The monoisotopic (exact) mass is 153 g/mol. The van der Waals surface area contributed by atoms with Gasteiger partial charge in [0, 0.05) is 18.4 Å². The van der Waals surface area contributed by atoms with Crippen molar-refractivity contribution in [3.05, 3.63) is 12.4 Å². The lowest BCUT2D eigenvalue weighted by molar-refractivity contribution is 0.666. The average Bonchev–Trinajstić information content (AvgIpc) is 2.52. The third-order valence-corrected chi connectivity index (χ3v) is 1.82. The number of imidazole rings is 1. The molecule has 0 saturated carbocycles. The van der Waals surface area contributed by atoms with E-state index in [-0.39, 0.29) is 0 Å². The molecule has 0 unspecified atom stereocenters. The van der Waals surface area contributed by atoms with Crippen molar-refractivity contribution in [1.82, 2.24) is 9.97 Å². The van der Waals surface area contributed by atoms with Crippen LogP contribution in [0.2, 0.25) is 0 Å². The Bertz CT molecular complexity index is 177. The first-order chi connectivity index (χ1) is 5.36. The lowest BCUT2D eigenvalue weighted by Crippen LogP contribution is -2.17. The van der Waals surface area contributed by atoms with Gasteiger partial charge in [0.15, 0.2) is 5.95 Å². The molecule has 0 aromatic carbocycles. The predicted molar refractivity (Wildman–Crippen MR) is 46.6 cm³/mol. The average molecular weight is 153 g/mol. The summed E-state index contributed by atoms with van der Waals surface area (Å²) in [4.78, 5) is 7.10. The molecule has 0 spiro atoms. The standard InChI is InChI=1S/C8H15N3/c1-3-7(4-2)11-8-9-5-6-10-8/h5-7H,3-4H2,1-2H3,(H2,9,10,11). The lowest BCUT2D eigenvalue weighted by atomic mass is 10.2. The Balaban J connectivity index is 2.41. The molecule has 0 aliphatic heterocycles. The molecular formula is C8H15N3. The largest absolute Gasteiger partial charge is 0.353 e. The van der Waals surface area contributed by atoms with E-state index in [1.807, 2.05) is 6.20 Å². The number of rotatable bonds is 4. The Kier molecular flexibility index (Phi) is 2.95. The third kappa shape index (κ3) is 2.26. The molecule has 0 aliphatic rings. The SMILES string of the molecule is CCC(CC)Nc1ncc[nH]1. The van der Waals surface area contributed by atoms with Crippen LogP contribution in [0.3, 0.4) is 0 Å². The Morgan fingerprint density at radius 1 is 1.55 bits per heavy atom. The van der Waals surface area contributed by atoms with E-state index >= 15 is 0 Å². The van der Waals surface area contributed by atoms with E-state index < -0.39 is 0 Å². The zero-order valence-electron chi connectivity index (χ0n) is 7.09. The first-order valence-corrected chi connectivity index (χ1v) is 4.12. The minimum atomic E-state index is 0.543. The van der Waals surface area contributed by atoms with Crippen LogP contribution in [0.15, 0.2) is 12.4 Å². The molecule has 0 bridgehead atoms. The molecule has 3 heteroatoms. The van der Waals surface area contributed by atoms with Crippen LogP contribution in [0, 0.1) is 0 Å². The second-order valence-electron chi connectivity index (χ2n) is 2.60. The minimum Gasteiger partial charge on any atom is -0.353 e.